The minimum atomic E-state index is -0.00439. The van der Waals surface area contributed by atoms with Gasteiger partial charge in [-0.05, 0) is 58.5 Å². The highest BCUT2D eigenvalue weighted by Gasteiger charge is 2.30. The number of carbonyl (C=O) groups is 1. The molecule has 3 aliphatic heterocycles. The molecule has 0 aromatic carbocycles. The minimum absolute atomic E-state index is 0.00439. The second kappa shape index (κ2) is 11.2. The quantitative estimate of drug-likeness (QED) is 0.510. The topological polar surface area (TPSA) is 54.4 Å². The molecule has 3 rings (SSSR count). The lowest BCUT2D eigenvalue weighted by Crippen LogP contribution is -2.57. The van der Waals surface area contributed by atoms with E-state index in [2.05, 4.69) is 40.8 Å². The normalized spacial score (nSPS) is 24.2. The van der Waals surface area contributed by atoms with Gasteiger partial charge in [-0.1, -0.05) is 6.92 Å². The Bertz CT molecular complexity index is 533. The van der Waals surface area contributed by atoms with Gasteiger partial charge in [-0.2, -0.15) is 0 Å². The second-order valence-corrected chi connectivity index (χ2v) is 9.04. The smallest absolute Gasteiger partial charge is 0.239 e. The van der Waals surface area contributed by atoms with Gasteiger partial charge >= 0.3 is 0 Å². The summed E-state index contributed by atoms with van der Waals surface area (Å²) in [6.45, 7) is 17.6. The van der Waals surface area contributed by atoms with E-state index in [1.807, 2.05) is 4.90 Å². The van der Waals surface area contributed by atoms with E-state index < -0.39 is 0 Å². The van der Waals surface area contributed by atoms with Crippen LogP contribution >= 0.6 is 0 Å². The predicted molar refractivity (Wildman–Crippen MR) is 119 cm³/mol. The molecular formula is C22H42N6O. The van der Waals surface area contributed by atoms with E-state index in [0.717, 1.165) is 77.7 Å². The zero-order valence-electron chi connectivity index (χ0n) is 18.9. The van der Waals surface area contributed by atoms with Gasteiger partial charge in [-0.3, -0.25) is 14.7 Å². The molecular weight excluding hydrogens is 364 g/mol. The van der Waals surface area contributed by atoms with Gasteiger partial charge in [-0.15, -0.1) is 0 Å². The number of carbonyl (C=O) groups excluding carboxylic acids is 1. The minimum Gasteiger partial charge on any atom is -0.357 e. The molecule has 2 atom stereocenters. The molecule has 0 aliphatic carbocycles. The van der Waals surface area contributed by atoms with E-state index in [4.69, 9.17) is 4.99 Å². The highest BCUT2D eigenvalue weighted by molar-refractivity contribution is 5.82. The maximum Gasteiger partial charge on any atom is 0.239 e. The van der Waals surface area contributed by atoms with Crippen LogP contribution < -0.4 is 5.32 Å². The molecule has 7 nitrogen and oxygen atoms in total. The highest BCUT2D eigenvalue weighted by atomic mass is 16.2. The van der Waals surface area contributed by atoms with Crippen LogP contribution in [0.3, 0.4) is 0 Å². The molecule has 1 N–H and O–H groups in total. The third-order valence-electron chi connectivity index (χ3n) is 6.59. The van der Waals surface area contributed by atoms with Crippen molar-refractivity contribution in [1.29, 1.82) is 0 Å². The van der Waals surface area contributed by atoms with E-state index in [9.17, 15) is 4.79 Å². The third kappa shape index (κ3) is 6.32. The van der Waals surface area contributed by atoms with Crippen LogP contribution in [0.15, 0.2) is 4.99 Å². The van der Waals surface area contributed by atoms with Crippen molar-refractivity contribution in [1.82, 2.24) is 24.9 Å². The number of hydrogen-bond donors (Lipinski definition) is 1. The van der Waals surface area contributed by atoms with Crippen LogP contribution in [0.1, 0.15) is 46.5 Å². The molecule has 2 unspecified atom stereocenters. The van der Waals surface area contributed by atoms with Gasteiger partial charge in [0.05, 0.1) is 6.04 Å². The first kappa shape index (κ1) is 22.3. The summed E-state index contributed by atoms with van der Waals surface area (Å²) in [4.78, 5) is 27.0. The molecule has 0 bridgehead atoms. The van der Waals surface area contributed by atoms with Gasteiger partial charge in [-0.25, -0.2) is 0 Å². The number of hydrogen-bond acceptors (Lipinski definition) is 4. The van der Waals surface area contributed by atoms with Crippen molar-refractivity contribution in [2.24, 2.45) is 10.9 Å². The Morgan fingerprint density at radius 2 is 1.52 bits per heavy atom. The van der Waals surface area contributed by atoms with Gasteiger partial charge in [0.2, 0.25) is 5.91 Å². The zero-order chi connectivity index (χ0) is 20.6. The molecule has 3 saturated heterocycles. The first-order chi connectivity index (χ1) is 14.1. The van der Waals surface area contributed by atoms with Gasteiger partial charge < -0.3 is 20.0 Å². The molecule has 1 amide bonds. The molecule has 3 heterocycles. The number of likely N-dealkylation sites (tertiary alicyclic amines) is 2. The molecule has 0 spiro atoms. The summed E-state index contributed by atoms with van der Waals surface area (Å²) in [6, 6.07) is -0.00439. The maximum absolute atomic E-state index is 12.7. The van der Waals surface area contributed by atoms with Gasteiger partial charge in [0.15, 0.2) is 5.96 Å². The van der Waals surface area contributed by atoms with Crippen LogP contribution in [0.2, 0.25) is 0 Å². The Kier molecular flexibility index (Phi) is 8.60. The van der Waals surface area contributed by atoms with Crippen molar-refractivity contribution in [2.75, 3.05) is 72.0 Å². The van der Waals surface area contributed by atoms with E-state index in [1.165, 1.54) is 25.9 Å². The Hall–Kier alpha value is -1.34. The predicted octanol–water partition coefficient (Wildman–Crippen LogP) is 1.31. The number of aliphatic imine (C=N–C) groups is 1. The molecule has 3 aliphatic rings. The van der Waals surface area contributed by atoms with Crippen molar-refractivity contribution in [3.63, 3.8) is 0 Å². The maximum atomic E-state index is 12.7. The highest BCUT2D eigenvalue weighted by Crippen LogP contribution is 2.14. The summed E-state index contributed by atoms with van der Waals surface area (Å²) in [5.41, 5.74) is 0. The third-order valence-corrected chi connectivity index (χ3v) is 6.59. The lowest BCUT2D eigenvalue weighted by molar-refractivity contribution is -0.135. The van der Waals surface area contributed by atoms with Crippen molar-refractivity contribution in [2.45, 2.75) is 52.5 Å². The Morgan fingerprint density at radius 3 is 2.14 bits per heavy atom. The Morgan fingerprint density at radius 1 is 0.897 bits per heavy atom. The zero-order valence-corrected chi connectivity index (χ0v) is 18.9. The second-order valence-electron chi connectivity index (χ2n) is 9.04. The van der Waals surface area contributed by atoms with Crippen LogP contribution in [0.4, 0.5) is 0 Å². The molecule has 3 fully saturated rings. The average Bonchev–Trinajstić information content (AvgIpc) is 3.44. The first-order valence-corrected chi connectivity index (χ1v) is 11.9. The molecule has 0 radical (unpaired) electrons. The number of nitrogens with zero attached hydrogens (tertiary/aromatic N) is 5. The fourth-order valence-corrected chi connectivity index (χ4v) is 4.81. The molecule has 0 aromatic rings. The van der Waals surface area contributed by atoms with Crippen molar-refractivity contribution >= 4 is 11.9 Å². The Labute approximate surface area is 177 Å². The van der Waals surface area contributed by atoms with Gasteiger partial charge in [0.1, 0.15) is 0 Å². The van der Waals surface area contributed by atoms with E-state index in [-0.39, 0.29) is 6.04 Å². The number of rotatable bonds is 7. The van der Waals surface area contributed by atoms with Crippen LogP contribution in [-0.4, -0.2) is 110 Å². The summed E-state index contributed by atoms with van der Waals surface area (Å²) in [7, 11) is 0. The average molecular weight is 407 g/mol. The fourth-order valence-electron chi connectivity index (χ4n) is 4.81. The SMILES string of the molecule is CCNC(=NCC(C)CN1CCCC1)N1CCN(C(C)C(=O)N2CCCC2)CC1. The fraction of sp³-hybridized carbons (Fsp3) is 0.909. The van der Waals surface area contributed by atoms with Crippen molar-refractivity contribution in [3.8, 4) is 0 Å². The molecule has 166 valence electrons. The van der Waals surface area contributed by atoms with Crippen LogP contribution in [-0.2, 0) is 4.79 Å². The van der Waals surface area contributed by atoms with Crippen LogP contribution in [0.5, 0.6) is 0 Å². The number of amides is 1. The summed E-state index contributed by atoms with van der Waals surface area (Å²) in [6.07, 6.45) is 5.01. The monoisotopic (exact) mass is 406 g/mol. The lowest BCUT2D eigenvalue weighted by atomic mass is 10.2. The molecule has 29 heavy (non-hydrogen) atoms. The first-order valence-electron chi connectivity index (χ1n) is 11.9. The number of nitrogens with one attached hydrogen (secondary N) is 1. The lowest BCUT2D eigenvalue weighted by Gasteiger charge is -2.39. The van der Waals surface area contributed by atoms with Gasteiger partial charge in [0, 0.05) is 58.9 Å². The molecule has 0 saturated carbocycles. The largest absolute Gasteiger partial charge is 0.357 e. The van der Waals surface area contributed by atoms with E-state index >= 15 is 0 Å². The summed E-state index contributed by atoms with van der Waals surface area (Å²) >= 11 is 0. The van der Waals surface area contributed by atoms with Crippen molar-refractivity contribution in [3.05, 3.63) is 0 Å². The molecule has 7 heteroatoms. The van der Waals surface area contributed by atoms with Crippen molar-refractivity contribution < 1.29 is 4.79 Å². The van der Waals surface area contributed by atoms with E-state index in [1.54, 1.807) is 0 Å². The summed E-state index contributed by atoms with van der Waals surface area (Å²) in [5, 5.41) is 3.48. The number of guanidine groups is 1. The summed E-state index contributed by atoms with van der Waals surface area (Å²) in [5.74, 6) is 1.94. The standard InChI is InChI=1S/C22H42N6O/c1-4-23-22(24-17-19(2)18-25-9-5-6-10-25)28-15-13-26(14-16-28)20(3)21(29)27-11-7-8-12-27/h19-20H,4-18H2,1-3H3,(H,23,24). The molecule has 0 aromatic heterocycles. The number of piperazine rings is 1. The van der Waals surface area contributed by atoms with Crippen LogP contribution in [0.25, 0.3) is 0 Å². The van der Waals surface area contributed by atoms with Crippen LogP contribution in [0, 0.1) is 5.92 Å². The van der Waals surface area contributed by atoms with E-state index in [0.29, 0.717) is 11.8 Å². The summed E-state index contributed by atoms with van der Waals surface area (Å²) < 4.78 is 0. The Balaban J connectivity index is 1.47. The van der Waals surface area contributed by atoms with Gasteiger partial charge in [0.25, 0.3) is 0 Å².